The van der Waals surface area contributed by atoms with E-state index in [1.165, 1.54) is 34.7 Å². The standard InChI is InChI=1S/C13H19NOS/c1-14(7-3-8-15)12-5-6-13-11(10-12)4-2-9-16-13/h5-6,10,15H,2-4,7-9H2,1H3. The molecule has 2 rings (SSSR count). The van der Waals surface area contributed by atoms with Gasteiger partial charge in [-0.25, -0.2) is 0 Å². The maximum Gasteiger partial charge on any atom is 0.0447 e. The molecule has 0 saturated carbocycles. The number of hydrogen-bond acceptors (Lipinski definition) is 3. The molecule has 1 aromatic rings. The molecule has 1 heterocycles. The summed E-state index contributed by atoms with van der Waals surface area (Å²) in [7, 11) is 2.09. The van der Waals surface area contributed by atoms with E-state index >= 15 is 0 Å². The zero-order valence-corrected chi connectivity index (χ0v) is 10.6. The number of benzene rings is 1. The zero-order chi connectivity index (χ0) is 11.4. The van der Waals surface area contributed by atoms with Crippen molar-refractivity contribution in [2.24, 2.45) is 0 Å². The van der Waals surface area contributed by atoms with Crippen molar-refractivity contribution in [2.45, 2.75) is 24.2 Å². The highest BCUT2D eigenvalue weighted by molar-refractivity contribution is 7.99. The van der Waals surface area contributed by atoms with Crippen LogP contribution in [0.15, 0.2) is 23.1 Å². The van der Waals surface area contributed by atoms with Crippen molar-refractivity contribution in [3.8, 4) is 0 Å². The summed E-state index contributed by atoms with van der Waals surface area (Å²) < 4.78 is 0. The summed E-state index contributed by atoms with van der Waals surface area (Å²) in [5, 5.41) is 8.82. The SMILES string of the molecule is CN(CCCO)c1ccc2c(c1)CCCS2. The Kier molecular flexibility index (Phi) is 4.13. The van der Waals surface area contributed by atoms with E-state index in [-0.39, 0.29) is 6.61 Å². The molecular formula is C13H19NOS. The molecule has 0 spiro atoms. The predicted molar refractivity (Wildman–Crippen MR) is 70.5 cm³/mol. The van der Waals surface area contributed by atoms with Gasteiger partial charge in [0.15, 0.2) is 0 Å². The lowest BCUT2D eigenvalue weighted by atomic mass is 10.1. The van der Waals surface area contributed by atoms with Gasteiger partial charge in [-0.2, -0.15) is 0 Å². The van der Waals surface area contributed by atoms with E-state index in [1.54, 1.807) is 0 Å². The van der Waals surface area contributed by atoms with Crippen LogP contribution in [0, 0.1) is 0 Å². The number of anilines is 1. The number of aliphatic hydroxyl groups is 1. The van der Waals surface area contributed by atoms with Gasteiger partial charge in [0.1, 0.15) is 0 Å². The molecule has 1 aliphatic heterocycles. The molecule has 1 N–H and O–H groups in total. The highest BCUT2D eigenvalue weighted by atomic mass is 32.2. The van der Waals surface area contributed by atoms with Gasteiger partial charge in [0, 0.05) is 30.8 Å². The molecule has 88 valence electrons. The molecular weight excluding hydrogens is 218 g/mol. The van der Waals surface area contributed by atoms with Crippen molar-refractivity contribution in [2.75, 3.05) is 30.9 Å². The second-order valence-corrected chi connectivity index (χ2v) is 5.38. The molecule has 1 aromatic carbocycles. The molecule has 0 radical (unpaired) electrons. The predicted octanol–water partition coefficient (Wildman–Crippen LogP) is 2.54. The Hall–Kier alpha value is -0.670. The molecule has 0 bridgehead atoms. The Morgan fingerprint density at radius 3 is 3.12 bits per heavy atom. The molecule has 0 amide bonds. The van der Waals surface area contributed by atoms with Crippen molar-refractivity contribution in [1.29, 1.82) is 0 Å². The summed E-state index contributed by atoms with van der Waals surface area (Å²) in [6.45, 7) is 1.19. The van der Waals surface area contributed by atoms with E-state index in [9.17, 15) is 0 Å². The van der Waals surface area contributed by atoms with Crippen LogP contribution in [0.1, 0.15) is 18.4 Å². The second kappa shape index (κ2) is 5.60. The van der Waals surface area contributed by atoms with E-state index in [4.69, 9.17) is 5.11 Å². The molecule has 2 nitrogen and oxygen atoms in total. The first-order valence-corrected chi connectivity index (χ1v) is 6.87. The first-order chi connectivity index (χ1) is 7.81. The van der Waals surface area contributed by atoms with Gasteiger partial charge in [-0.05, 0) is 48.8 Å². The molecule has 3 heteroatoms. The number of fused-ring (bicyclic) bond motifs is 1. The van der Waals surface area contributed by atoms with Crippen molar-refractivity contribution >= 4 is 17.4 Å². The van der Waals surface area contributed by atoms with Crippen molar-refractivity contribution in [1.82, 2.24) is 0 Å². The maximum absolute atomic E-state index is 8.82. The molecule has 0 fully saturated rings. The van der Waals surface area contributed by atoms with Crippen LogP contribution >= 0.6 is 11.8 Å². The Labute approximate surface area is 102 Å². The van der Waals surface area contributed by atoms with Gasteiger partial charge in [0.05, 0.1) is 0 Å². The molecule has 0 saturated heterocycles. The Morgan fingerprint density at radius 2 is 2.31 bits per heavy atom. The monoisotopic (exact) mass is 237 g/mol. The van der Waals surface area contributed by atoms with Crippen molar-refractivity contribution < 1.29 is 5.11 Å². The van der Waals surface area contributed by atoms with Crippen molar-refractivity contribution in [3.05, 3.63) is 23.8 Å². The van der Waals surface area contributed by atoms with Gasteiger partial charge >= 0.3 is 0 Å². The van der Waals surface area contributed by atoms with Gasteiger partial charge in [-0.15, -0.1) is 11.8 Å². The Bertz CT molecular complexity index is 354. The number of rotatable bonds is 4. The highest BCUT2D eigenvalue weighted by Gasteiger charge is 2.11. The third-order valence-electron chi connectivity index (χ3n) is 2.98. The van der Waals surface area contributed by atoms with Crippen LogP contribution in [0.2, 0.25) is 0 Å². The fourth-order valence-corrected chi connectivity index (χ4v) is 3.04. The number of thioether (sulfide) groups is 1. The van der Waals surface area contributed by atoms with Crippen LogP contribution in [0.3, 0.4) is 0 Å². The molecule has 16 heavy (non-hydrogen) atoms. The lowest BCUT2D eigenvalue weighted by Gasteiger charge is -2.22. The minimum absolute atomic E-state index is 0.269. The summed E-state index contributed by atoms with van der Waals surface area (Å²) in [5.41, 5.74) is 2.76. The normalized spacial score (nSPS) is 14.6. The fourth-order valence-electron chi connectivity index (χ4n) is 2.02. The largest absolute Gasteiger partial charge is 0.396 e. The zero-order valence-electron chi connectivity index (χ0n) is 9.78. The van der Waals surface area contributed by atoms with Gasteiger partial charge < -0.3 is 10.0 Å². The van der Waals surface area contributed by atoms with E-state index in [2.05, 4.69) is 30.1 Å². The quantitative estimate of drug-likeness (QED) is 0.870. The van der Waals surface area contributed by atoms with E-state index in [1.807, 2.05) is 11.8 Å². The van der Waals surface area contributed by atoms with Crippen LogP contribution in [-0.2, 0) is 6.42 Å². The summed E-state index contributed by atoms with van der Waals surface area (Å²) in [6.07, 6.45) is 3.34. The first-order valence-electron chi connectivity index (χ1n) is 5.89. The van der Waals surface area contributed by atoms with Gasteiger partial charge in [0.25, 0.3) is 0 Å². The van der Waals surface area contributed by atoms with Gasteiger partial charge in [-0.1, -0.05) is 0 Å². The van der Waals surface area contributed by atoms with Gasteiger partial charge in [-0.3, -0.25) is 0 Å². The topological polar surface area (TPSA) is 23.5 Å². The first kappa shape index (κ1) is 11.8. The Morgan fingerprint density at radius 1 is 1.44 bits per heavy atom. The van der Waals surface area contributed by atoms with Crippen LogP contribution in [0.25, 0.3) is 0 Å². The second-order valence-electron chi connectivity index (χ2n) is 4.24. The lowest BCUT2D eigenvalue weighted by Crippen LogP contribution is -2.19. The van der Waals surface area contributed by atoms with E-state index < -0.39 is 0 Å². The van der Waals surface area contributed by atoms with Crippen LogP contribution in [0.5, 0.6) is 0 Å². The smallest absolute Gasteiger partial charge is 0.0447 e. The summed E-state index contributed by atoms with van der Waals surface area (Å²) in [5.74, 6) is 1.26. The number of aliphatic hydroxyl groups excluding tert-OH is 1. The van der Waals surface area contributed by atoms with E-state index in [0.717, 1.165) is 13.0 Å². The fraction of sp³-hybridized carbons (Fsp3) is 0.538. The lowest BCUT2D eigenvalue weighted by molar-refractivity contribution is 0.290. The average Bonchev–Trinajstić information content (AvgIpc) is 2.35. The number of aryl methyl sites for hydroxylation is 1. The average molecular weight is 237 g/mol. The summed E-state index contributed by atoms with van der Waals surface area (Å²) in [4.78, 5) is 3.67. The van der Waals surface area contributed by atoms with Gasteiger partial charge in [0.2, 0.25) is 0 Å². The minimum atomic E-state index is 0.269. The number of nitrogens with zero attached hydrogens (tertiary/aromatic N) is 1. The molecule has 1 aliphatic rings. The van der Waals surface area contributed by atoms with Crippen LogP contribution in [-0.4, -0.2) is 31.1 Å². The molecule has 0 aliphatic carbocycles. The Balaban J connectivity index is 2.10. The molecule has 0 atom stereocenters. The van der Waals surface area contributed by atoms with Crippen LogP contribution in [0.4, 0.5) is 5.69 Å². The third kappa shape index (κ3) is 2.71. The molecule has 0 aromatic heterocycles. The van der Waals surface area contributed by atoms with E-state index in [0.29, 0.717) is 0 Å². The highest BCUT2D eigenvalue weighted by Crippen LogP contribution is 2.32. The molecule has 0 unspecified atom stereocenters. The maximum atomic E-state index is 8.82. The van der Waals surface area contributed by atoms with Crippen molar-refractivity contribution in [3.63, 3.8) is 0 Å². The number of hydrogen-bond donors (Lipinski definition) is 1. The third-order valence-corrected chi connectivity index (χ3v) is 4.19. The van der Waals surface area contributed by atoms with Crippen LogP contribution < -0.4 is 4.90 Å². The minimum Gasteiger partial charge on any atom is -0.396 e. The summed E-state index contributed by atoms with van der Waals surface area (Å²) in [6, 6.07) is 6.73. The summed E-state index contributed by atoms with van der Waals surface area (Å²) >= 11 is 1.97.